The van der Waals surface area contributed by atoms with E-state index in [0.717, 1.165) is 19.3 Å². The van der Waals surface area contributed by atoms with Crippen molar-refractivity contribution < 1.29 is 13.0 Å². The molecule has 1 fully saturated rings. The fourth-order valence-electron chi connectivity index (χ4n) is 2.54. The van der Waals surface area contributed by atoms with Crippen molar-refractivity contribution in [1.29, 1.82) is 0 Å². The summed E-state index contributed by atoms with van der Waals surface area (Å²) >= 11 is 0. The van der Waals surface area contributed by atoms with Gasteiger partial charge in [0.05, 0.1) is 5.75 Å². The van der Waals surface area contributed by atoms with Crippen molar-refractivity contribution in [3.8, 4) is 0 Å². The van der Waals surface area contributed by atoms with E-state index in [0.29, 0.717) is 6.54 Å². The molecular formula is C9H19NO3S. The van der Waals surface area contributed by atoms with E-state index >= 15 is 0 Å². The Labute approximate surface area is 85.6 Å². The molecule has 84 valence electrons. The molecule has 1 aliphatic rings. The second-order valence-electron chi connectivity index (χ2n) is 5.27. The first-order valence-corrected chi connectivity index (χ1v) is 6.44. The highest BCUT2D eigenvalue weighted by Crippen LogP contribution is 2.49. The van der Waals surface area contributed by atoms with Crippen LogP contribution in [-0.2, 0) is 10.1 Å². The molecule has 3 N–H and O–H groups in total. The Kier molecular flexibility index (Phi) is 2.96. The first-order chi connectivity index (χ1) is 6.18. The maximum Gasteiger partial charge on any atom is 0.265 e. The lowest BCUT2D eigenvalue weighted by Crippen LogP contribution is -2.35. The molecule has 0 amide bonds. The Morgan fingerprint density at radius 2 is 1.93 bits per heavy atom. The first-order valence-electron chi connectivity index (χ1n) is 4.83. The standard InChI is InChI=1S/C9H19NO3S/c1-8(2)3-4-9(5-8,6-10)7-14(11,12)13/h3-7,10H2,1-2H3,(H,11,12,13)/t9-/m1/s1. The average Bonchev–Trinajstić information content (AvgIpc) is 2.24. The minimum atomic E-state index is -3.91. The van der Waals surface area contributed by atoms with Gasteiger partial charge in [0.1, 0.15) is 0 Å². The van der Waals surface area contributed by atoms with Crippen LogP contribution in [0.2, 0.25) is 0 Å². The zero-order chi connectivity index (χ0) is 11.0. The van der Waals surface area contributed by atoms with Crippen molar-refractivity contribution in [2.24, 2.45) is 16.6 Å². The summed E-state index contributed by atoms with van der Waals surface area (Å²) in [5.41, 5.74) is 5.36. The third kappa shape index (κ3) is 2.93. The molecule has 0 spiro atoms. The number of hydrogen-bond donors (Lipinski definition) is 2. The van der Waals surface area contributed by atoms with E-state index in [4.69, 9.17) is 10.3 Å². The van der Waals surface area contributed by atoms with E-state index in [1.165, 1.54) is 0 Å². The zero-order valence-electron chi connectivity index (χ0n) is 8.78. The molecule has 0 radical (unpaired) electrons. The highest BCUT2D eigenvalue weighted by Gasteiger charge is 2.44. The summed E-state index contributed by atoms with van der Waals surface area (Å²) in [6.45, 7) is 4.54. The Morgan fingerprint density at radius 3 is 2.21 bits per heavy atom. The Hall–Kier alpha value is -0.130. The Morgan fingerprint density at radius 1 is 1.36 bits per heavy atom. The summed E-state index contributed by atoms with van der Waals surface area (Å²) in [5.74, 6) is -0.195. The van der Waals surface area contributed by atoms with Gasteiger partial charge in [0.2, 0.25) is 0 Å². The summed E-state index contributed by atoms with van der Waals surface area (Å²) in [4.78, 5) is 0. The molecule has 14 heavy (non-hydrogen) atoms. The summed E-state index contributed by atoms with van der Waals surface area (Å²) in [7, 11) is -3.91. The Bertz CT molecular complexity index is 310. The van der Waals surface area contributed by atoms with Crippen LogP contribution in [0.15, 0.2) is 0 Å². The van der Waals surface area contributed by atoms with Crippen molar-refractivity contribution in [1.82, 2.24) is 0 Å². The van der Waals surface area contributed by atoms with Crippen LogP contribution >= 0.6 is 0 Å². The monoisotopic (exact) mass is 221 g/mol. The number of rotatable bonds is 3. The topological polar surface area (TPSA) is 80.4 Å². The molecule has 4 nitrogen and oxygen atoms in total. The second-order valence-corrected chi connectivity index (χ2v) is 6.72. The van der Waals surface area contributed by atoms with Crippen LogP contribution in [0.3, 0.4) is 0 Å². The highest BCUT2D eigenvalue weighted by molar-refractivity contribution is 7.85. The molecule has 0 heterocycles. The lowest BCUT2D eigenvalue weighted by Gasteiger charge is -2.27. The van der Waals surface area contributed by atoms with Crippen LogP contribution in [0.1, 0.15) is 33.1 Å². The van der Waals surface area contributed by atoms with Gasteiger partial charge < -0.3 is 5.73 Å². The normalized spacial score (nSPS) is 32.0. The van der Waals surface area contributed by atoms with Gasteiger partial charge in [0, 0.05) is 0 Å². The number of nitrogens with two attached hydrogens (primary N) is 1. The summed E-state index contributed by atoms with van der Waals surface area (Å²) in [6, 6.07) is 0. The quantitative estimate of drug-likeness (QED) is 0.697. The van der Waals surface area contributed by atoms with Crippen molar-refractivity contribution in [2.75, 3.05) is 12.3 Å². The fourth-order valence-corrected chi connectivity index (χ4v) is 3.68. The SMILES string of the molecule is CC1(C)CC[C@@](CN)(CS(=O)(=O)O)C1. The minimum absolute atomic E-state index is 0.143. The largest absolute Gasteiger partial charge is 0.330 e. The van der Waals surface area contributed by atoms with Crippen LogP contribution in [0, 0.1) is 10.8 Å². The van der Waals surface area contributed by atoms with Crippen molar-refractivity contribution >= 4 is 10.1 Å². The van der Waals surface area contributed by atoms with Crippen LogP contribution < -0.4 is 5.73 Å². The summed E-state index contributed by atoms with van der Waals surface area (Å²) in [5, 5.41) is 0. The van der Waals surface area contributed by atoms with E-state index in [2.05, 4.69) is 13.8 Å². The zero-order valence-corrected chi connectivity index (χ0v) is 9.60. The van der Waals surface area contributed by atoms with Gasteiger partial charge in [-0.25, -0.2) is 0 Å². The molecule has 0 aromatic carbocycles. The molecule has 0 aromatic rings. The summed E-state index contributed by atoms with van der Waals surface area (Å²) < 4.78 is 30.6. The molecule has 1 saturated carbocycles. The molecule has 5 heteroatoms. The van der Waals surface area contributed by atoms with Crippen LogP contribution in [0.5, 0.6) is 0 Å². The molecule has 0 unspecified atom stereocenters. The highest BCUT2D eigenvalue weighted by atomic mass is 32.2. The van der Waals surface area contributed by atoms with E-state index in [1.807, 2.05) is 0 Å². The van der Waals surface area contributed by atoms with Gasteiger partial charge in [-0.3, -0.25) is 4.55 Å². The van der Waals surface area contributed by atoms with Gasteiger partial charge in [-0.1, -0.05) is 13.8 Å². The van der Waals surface area contributed by atoms with E-state index in [9.17, 15) is 8.42 Å². The van der Waals surface area contributed by atoms with Gasteiger partial charge in [0.25, 0.3) is 10.1 Å². The maximum atomic E-state index is 10.9. The fraction of sp³-hybridized carbons (Fsp3) is 1.00. The molecular weight excluding hydrogens is 202 g/mol. The van der Waals surface area contributed by atoms with Gasteiger partial charge in [0.15, 0.2) is 0 Å². The van der Waals surface area contributed by atoms with Crippen LogP contribution in [0.4, 0.5) is 0 Å². The lowest BCUT2D eigenvalue weighted by atomic mass is 9.83. The lowest BCUT2D eigenvalue weighted by molar-refractivity contribution is 0.284. The van der Waals surface area contributed by atoms with Gasteiger partial charge in [-0.15, -0.1) is 0 Å². The second kappa shape index (κ2) is 3.47. The summed E-state index contributed by atoms with van der Waals surface area (Å²) in [6.07, 6.45) is 2.53. The molecule has 1 rings (SSSR count). The molecule has 0 bridgehead atoms. The average molecular weight is 221 g/mol. The van der Waals surface area contributed by atoms with Gasteiger partial charge in [-0.2, -0.15) is 8.42 Å². The third-order valence-electron chi connectivity index (χ3n) is 3.11. The predicted molar refractivity (Wildman–Crippen MR) is 55.5 cm³/mol. The minimum Gasteiger partial charge on any atom is -0.330 e. The molecule has 0 aliphatic heterocycles. The molecule has 1 atom stereocenters. The maximum absolute atomic E-state index is 10.9. The predicted octanol–water partition coefficient (Wildman–Crippen LogP) is 1.03. The molecule has 1 aliphatic carbocycles. The Balaban J connectivity index is 2.81. The number of hydrogen-bond acceptors (Lipinski definition) is 3. The molecule has 0 saturated heterocycles. The van der Waals surface area contributed by atoms with Crippen LogP contribution in [0.25, 0.3) is 0 Å². The first kappa shape index (κ1) is 11.9. The smallest absolute Gasteiger partial charge is 0.265 e. The van der Waals surface area contributed by atoms with Crippen molar-refractivity contribution in [2.45, 2.75) is 33.1 Å². The van der Waals surface area contributed by atoms with E-state index < -0.39 is 15.5 Å². The van der Waals surface area contributed by atoms with Crippen LogP contribution in [-0.4, -0.2) is 25.3 Å². The van der Waals surface area contributed by atoms with E-state index in [-0.39, 0.29) is 11.2 Å². The van der Waals surface area contributed by atoms with Gasteiger partial charge in [-0.05, 0) is 36.6 Å². The van der Waals surface area contributed by atoms with Crippen molar-refractivity contribution in [3.05, 3.63) is 0 Å². The van der Waals surface area contributed by atoms with Crippen molar-refractivity contribution in [3.63, 3.8) is 0 Å². The molecule has 0 aromatic heterocycles. The third-order valence-corrected chi connectivity index (χ3v) is 4.08. The van der Waals surface area contributed by atoms with E-state index in [1.54, 1.807) is 0 Å². The van der Waals surface area contributed by atoms with Gasteiger partial charge >= 0.3 is 0 Å².